The van der Waals surface area contributed by atoms with Gasteiger partial charge in [-0.25, -0.2) is 0 Å². The van der Waals surface area contributed by atoms with Gasteiger partial charge >= 0.3 is 5.97 Å². The van der Waals surface area contributed by atoms with Crippen LogP contribution in [0.4, 0.5) is 5.69 Å². The van der Waals surface area contributed by atoms with Gasteiger partial charge in [-0.05, 0) is 18.2 Å². The summed E-state index contributed by atoms with van der Waals surface area (Å²) < 4.78 is 22.3. The van der Waals surface area contributed by atoms with Crippen molar-refractivity contribution in [2.45, 2.75) is 31.3 Å². The zero-order valence-electron chi connectivity index (χ0n) is 11.5. The predicted octanol–water partition coefficient (Wildman–Crippen LogP) is 1.40. The minimum atomic E-state index is -0.386. The van der Waals surface area contributed by atoms with Gasteiger partial charge in [0.25, 0.3) is 0 Å². The highest BCUT2D eigenvalue weighted by atomic mass is 35.5. The number of rotatable bonds is 3. The molecule has 0 radical (unpaired) electrons. The average Bonchev–Trinajstić information content (AvgIpc) is 2.97. The summed E-state index contributed by atoms with van der Waals surface area (Å²) in [5.74, 6) is 0.179. The number of hydrogen-bond acceptors (Lipinski definition) is 6. The van der Waals surface area contributed by atoms with Crippen LogP contribution in [-0.2, 0) is 19.0 Å². The van der Waals surface area contributed by atoms with E-state index in [0.717, 1.165) is 0 Å². The Labute approximate surface area is 127 Å². The third kappa shape index (κ3) is 2.92. The number of halogens is 1. The number of anilines is 1. The molecule has 0 spiro atoms. The first-order chi connectivity index (χ1) is 10.0. The van der Waals surface area contributed by atoms with Gasteiger partial charge in [0.15, 0.2) is 12.2 Å². The standard InChI is InChI=1S/C14H16ClNO5/c1-7(17)20-11-5-18-14-12(6-19-13(11)14)21-10-3-2-8(16)4-9(10)15/h2-4,11-14H,5-6,16H2,1H3/t11-,12?,13+,14+/m0/s1. The van der Waals surface area contributed by atoms with Crippen molar-refractivity contribution in [3.8, 4) is 5.75 Å². The highest BCUT2D eigenvalue weighted by Gasteiger charge is 2.50. The van der Waals surface area contributed by atoms with Crippen molar-refractivity contribution in [2.24, 2.45) is 0 Å². The molecule has 2 aliphatic rings. The molecule has 1 aromatic rings. The fraction of sp³-hybridized carbons (Fsp3) is 0.500. The topological polar surface area (TPSA) is 80.0 Å². The molecule has 0 saturated carbocycles. The molecule has 2 heterocycles. The van der Waals surface area contributed by atoms with E-state index in [1.807, 2.05) is 0 Å². The molecule has 7 heteroatoms. The van der Waals surface area contributed by atoms with E-state index < -0.39 is 0 Å². The summed E-state index contributed by atoms with van der Waals surface area (Å²) >= 11 is 6.09. The number of fused-ring (bicyclic) bond motifs is 1. The van der Waals surface area contributed by atoms with E-state index >= 15 is 0 Å². The van der Waals surface area contributed by atoms with E-state index in [2.05, 4.69) is 0 Å². The Morgan fingerprint density at radius 2 is 1.95 bits per heavy atom. The van der Waals surface area contributed by atoms with Crippen molar-refractivity contribution in [1.82, 2.24) is 0 Å². The molecule has 0 amide bonds. The number of nitrogens with two attached hydrogens (primary N) is 1. The molecule has 2 fully saturated rings. The lowest BCUT2D eigenvalue weighted by atomic mass is 10.1. The van der Waals surface area contributed by atoms with E-state index in [9.17, 15) is 4.79 Å². The summed E-state index contributed by atoms with van der Waals surface area (Å²) in [5, 5.41) is 0.438. The predicted molar refractivity (Wildman–Crippen MR) is 75.3 cm³/mol. The molecule has 2 saturated heterocycles. The summed E-state index contributed by atoms with van der Waals surface area (Å²) in [4.78, 5) is 11.0. The highest BCUT2D eigenvalue weighted by Crippen LogP contribution is 2.34. The van der Waals surface area contributed by atoms with Gasteiger partial charge in [-0.3, -0.25) is 4.79 Å². The van der Waals surface area contributed by atoms with Crippen LogP contribution < -0.4 is 10.5 Å². The molecule has 1 aromatic carbocycles. The van der Waals surface area contributed by atoms with Crippen LogP contribution in [-0.4, -0.2) is 43.6 Å². The monoisotopic (exact) mass is 313 g/mol. The van der Waals surface area contributed by atoms with Crippen LogP contribution in [0.5, 0.6) is 5.75 Å². The Kier molecular flexibility index (Phi) is 3.93. The molecule has 0 aliphatic carbocycles. The lowest BCUT2D eigenvalue weighted by Gasteiger charge is -2.18. The van der Waals surface area contributed by atoms with E-state index in [1.54, 1.807) is 18.2 Å². The second kappa shape index (κ2) is 5.71. The molecule has 1 unspecified atom stereocenters. The quantitative estimate of drug-likeness (QED) is 0.671. The van der Waals surface area contributed by atoms with Crippen molar-refractivity contribution < 1.29 is 23.7 Å². The average molecular weight is 314 g/mol. The maximum Gasteiger partial charge on any atom is 0.303 e. The smallest absolute Gasteiger partial charge is 0.303 e. The summed E-state index contributed by atoms with van der Waals surface area (Å²) in [6, 6.07) is 5.05. The fourth-order valence-electron chi connectivity index (χ4n) is 2.62. The lowest BCUT2D eigenvalue weighted by Crippen LogP contribution is -2.36. The number of benzene rings is 1. The number of hydrogen-bond donors (Lipinski definition) is 1. The van der Waals surface area contributed by atoms with Crippen molar-refractivity contribution in [1.29, 1.82) is 0 Å². The summed E-state index contributed by atoms with van der Waals surface area (Å²) in [6.45, 7) is 2.03. The summed E-state index contributed by atoms with van der Waals surface area (Å²) in [5.41, 5.74) is 6.22. The Bertz CT molecular complexity index is 552. The maximum absolute atomic E-state index is 11.0. The second-order valence-corrected chi connectivity index (χ2v) is 5.50. The number of ether oxygens (including phenoxy) is 4. The molecule has 21 heavy (non-hydrogen) atoms. The minimum Gasteiger partial charge on any atom is -0.484 e. The molecule has 0 bridgehead atoms. The molecule has 4 atom stereocenters. The molecule has 0 aromatic heterocycles. The first-order valence-corrected chi connectivity index (χ1v) is 7.04. The molecular weight excluding hydrogens is 298 g/mol. The normalized spacial score (nSPS) is 31.0. The fourth-order valence-corrected chi connectivity index (χ4v) is 2.85. The minimum absolute atomic E-state index is 0.275. The Hall–Kier alpha value is -1.50. The SMILES string of the molecule is CC(=O)O[C@H]1CO[C@@H]2C(Oc3ccc(N)cc3Cl)CO[C@H]12. The first-order valence-electron chi connectivity index (χ1n) is 6.66. The van der Waals surface area contributed by atoms with Crippen molar-refractivity contribution in [2.75, 3.05) is 18.9 Å². The largest absolute Gasteiger partial charge is 0.484 e. The van der Waals surface area contributed by atoms with Crippen LogP contribution in [0.15, 0.2) is 18.2 Å². The summed E-state index contributed by atoms with van der Waals surface area (Å²) in [7, 11) is 0. The molecule has 2 N–H and O–H groups in total. The van der Waals surface area contributed by atoms with Crippen molar-refractivity contribution in [3.63, 3.8) is 0 Å². The highest BCUT2D eigenvalue weighted by molar-refractivity contribution is 6.32. The van der Waals surface area contributed by atoms with Gasteiger partial charge in [0.1, 0.15) is 18.0 Å². The third-order valence-corrected chi connectivity index (χ3v) is 3.81. The van der Waals surface area contributed by atoms with Gasteiger partial charge < -0.3 is 24.7 Å². The van der Waals surface area contributed by atoms with E-state index in [-0.39, 0.29) is 30.4 Å². The molecule has 2 aliphatic heterocycles. The van der Waals surface area contributed by atoms with Gasteiger partial charge in [0, 0.05) is 12.6 Å². The first kappa shape index (κ1) is 14.4. The van der Waals surface area contributed by atoms with Crippen LogP contribution in [0.3, 0.4) is 0 Å². The number of carbonyl (C=O) groups excluding carboxylic acids is 1. The Balaban J connectivity index is 1.67. The molecule has 6 nitrogen and oxygen atoms in total. The van der Waals surface area contributed by atoms with Crippen molar-refractivity contribution >= 4 is 23.3 Å². The van der Waals surface area contributed by atoms with Gasteiger partial charge in [-0.15, -0.1) is 0 Å². The molecule has 3 rings (SSSR count). The van der Waals surface area contributed by atoms with Gasteiger partial charge in [0.05, 0.1) is 18.2 Å². The van der Waals surface area contributed by atoms with Crippen LogP contribution in [0.1, 0.15) is 6.92 Å². The zero-order chi connectivity index (χ0) is 15.0. The van der Waals surface area contributed by atoms with Crippen molar-refractivity contribution in [3.05, 3.63) is 23.2 Å². The third-order valence-electron chi connectivity index (χ3n) is 3.51. The zero-order valence-corrected chi connectivity index (χ0v) is 12.2. The Morgan fingerprint density at radius 3 is 2.62 bits per heavy atom. The van der Waals surface area contributed by atoms with Crippen LogP contribution in [0.2, 0.25) is 5.02 Å². The Morgan fingerprint density at radius 1 is 1.29 bits per heavy atom. The number of esters is 1. The van der Waals surface area contributed by atoms with Gasteiger partial charge in [-0.2, -0.15) is 0 Å². The van der Waals surface area contributed by atoms with Crippen LogP contribution in [0, 0.1) is 0 Å². The number of nitrogen functional groups attached to an aromatic ring is 1. The van der Waals surface area contributed by atoms with Gasteiger partial charge in [-0.1, -0.05) is 11.6 Å². The van der Waals surface area contributed by atoms with E-state index in [0.29, 0.717) is 29.7 Å². The summed E-state index contributed by atoms with van der Waals surface area (Å²) in [6.07, 6.45) is -1.26. The van der Waals surface area contributed by atoms with Crippen LogP contribution in [0.25, 0.3) is 0 Å². The lowest BCUT2D eigenvalue weighted by molar-refractivity contribution is -0.150. The molecular formula is C14H16ClNO5. The van der Waals surface area contributed by atoms with Crippen LogP contribution >= 0.6 is 11.6 Å². The van der Waals surface area contributed by atoms with Gasteiger partial charge in [0.2, 0.25) is 0 Å². The van der Waals surface area contributed by atoms with E-state index in [4.69, 9.17) is 36.3 Å². The molecule has 114 valence electrons. The van der Waals surface area contributed by atoms with E-state index in [1.165, 1.54) is 6.92 Å². The number of carbonyl (C=O) groups is 1. The maximum atomic E-state index is 11.0. The second-order valence-electron chi connectivity index (χ2n) is 5.09.